The van der Waals surface area contributed by atoms with Gasteiger partial charge in [0.15, 0.2) is 0 Å². The summed E-state index contributed by atoms with van der Waals surface area (Å²) in [6, 6.07) is 9.39. The Morgan fingerprint density at radius 1 is 1.12 bits per heavy atom. The van der Waals surface area contributed by atoms with Crippen molar-refractivity contribution >= 4 is 38.3 Å². The topological polar surface area (TPSA) is 70.2 Å². The van der Waals surface area contributed by atoms with Crippen LogP contribution in [0.15, 0.2) is 30.6 Å². The molecule has 1 aromatic carbocycles. The van der Waals surface area contributed by atoms with Crippen LogP contribution in [0.25, 0.3) is 21.1 Å². The first kappa shape index (κ1) is 27.0. The highest BCUT2D eigenvalue weighted by Gasteiger charge is 2.44. The van der Waals surface area contributed by atoms with E-state index in [9.17, 15) is 18.4 Å². The molecule has 11 heteroatoms. The molecule has 2 aliphatic heterocycles. The van der Waals surface area contributed by atoms with Crippen molar-refractivity contribution in [2.75, 3.05) is 44.8 Å². The van der Waals surface area contributed by atoms with Crippen LogP contribution in [0.3, 0.4) is 0 Å². The lowest BCUT2D eigenvalue weighted by molar-refractivity contribution is -0.140. The maximum absolute atomic E-state index is 13.2. The summed E-state index contributed by atoms with van der Waals surface area (Å²) >= 11 is 1.70. The third-order valence-corrected chi connectivity index (χ3v) is 9.58. The van der Waals surface area contributed by atoms with Crippen LogP contribution in [0.1, 0.15) is 34.5 Å². The zero-order chi connectivity index (χ0) is 28.1. The summed E-state index contributed by atoms with van der Waals surface area (Å²) in [5.74, 6) is 1.01. The quantitative estimate of drug-likeness (QED) is 0.286. The average molecular weight is 569 g/mol. The number of methoxy groups -OCH3 is 1. The molecule has 40 heavy (non-hydrogen) atoms. The number of alkyl halides is 3. The number of anilines is 1. The molecule has 7 nitrogen and oxygen atoms in total. The van der Waals surface area contributed by atoms with Crippen LogP contribution in [0, 0.1) is 23.7 Å². The van der Waals surface area contributed by atoms with Crippen LogP contribution in [-0.2, 0) is 24.2 Å². The largest absolute Gasteiger partial charge is 0.406 e. The number of aryl methyl sites for hydroxylation is 1. The lowest BCUT2D eigenvalue weighted by Crippen LogP contribution is -2.31. The van der Waals surface area contributed by atoms with E-state index in [4.69, 9.17) is 4.74 Å². The molecule has 2 fully saturated rings. The lowest BCUT2D eigenvalue weighted by Gasteiger charge is -2.26. The molecule has 0 radical (unpaired) electrons. The third-order valence-electron chi connectivity index (χ3n) is 8.48. The second-order valence-electron chi connectivity index (χ2n) is 11.1. The number of nitriles is 1. The van der Waals surface area contributed by atoms with E-state index >= 15 is 0 Å². The van der Waals surface area contributed by atoms with Crippen molar-refractivity contribution in [3.05, 3.63) is 52.3 Å². The minimum atomic E-state index is -4.39. The number of hydrogen-bond acceptors (Lipinski definition) is 7. The molecule has 3 aromatic heterocycles. The van der Waals surface area contributed by atoms with Crippen LogP contribution in [0.4, 0.5) is 19.0 Å². The fourth-order valence-electron chi connectivity index (χ4n) is 6.46. The first-order chi connectivity index (χ1) is 19.2. The first-order valence-corrected chi connectivity index (χ1v) is 14.3. The summed E-state index contributed by atoms with van der Waals surface area (Å²) < 4.78 is 45.8. The second-order valence-corrected chi connectivity index (χ2v) is 12.2. The maximum atomic E-state index is 13.2. The number of ether oxygens (including phenoxy) is 1. The Bertz CT molecular complexity index is 1610. The smallest absolute Gasteiger partial charge is 0.384 e. The fraction of sp³-hybridized carbons (Fsp3) is 0.483. The molecule has 6 rings (SSSR count). The SMILES string of the molecule is COCCc1cc2c(N3CC[C@@]4(CCN(Cc5ccc6c(cc(C#N)n6CC(F)(F)F)c5C)C4)C3)ncnc2s1. The molecule has 1 atom stereocenters. The Labute approximate surface area is 234 Å². The van der Waals surface area contributed by atoms with Gasteiger partial charge in [-0.2, -0.15) is 18.4 Å². The second kappa shape index (κ2) is 10.3. The van der Waals surface area contributed by atoms with Gasteiger partial charge in [-0.15, -0.1) is 11.3 Å². The lowest BCUT2D eigenvalue weighted by atomic mass is 9.86. The number of likely N-dealkylation sites (tertiary alicyclic amines) is 1. The van der Waals surface area contributed by atoms with Gasteiger partial charge in [0.25, 0.3) is 0 Å². The van der Waals surface area contributed by atoms with Crippen molar-refractivity contribution in [3.63, 3.8) is 0 Å². The molecule has 5 heterocycles. The summed E-state index contributed by atoms with van der Waals surface area (Å²) in [4.78, 5) is 16.3. The van der Waals surface area contributed by atoms with Crippen molar-refractivity contribution in [2.24, 2.45) is 5.41 Å². The van der Waals surface area contributed by atoms with Gasteiger partial charge in [0, 0.05) is 60.9 Å². The number of thiophene rings is 1. The van der Waals surface area contributed by atoms with Crippen molar-refractivity contribution < 1.29 is 17.9 Å². The summed E-state index contributed by atoms with van der Waals surface area (Å²) in [5, 5.41) is 11.3. The normalized spacial score (nSPS) is 19.9. The fourth-order valence-corrected chi connectivity index (χ4v) is 7.43. The summed E-state index contributed by atoms with van der Waals surface area (Å²) in [5.41, 5.74) is 2.71. The number of fused-ring (bicyclic) bond motifs is 2. The Morgan fingerprint density at radius 3 is 2.73 bits per heavy atom. The van der Waals surface area contributed by atoms with E-state index in [2.05, 4.69) is 25.8 Å². The van der Waals surface area contributed by atoms with Crippen LogP contribution in [-0.4, -0.2) is 65.5 Å². The van der Waals surface area contributed by atoms with Gasteiger partial charge in [0.1, 0.15) is 35.3 Å². The van der Waals surface area contributed by atoms with E-state index in [1.54, 1.807) is 36.9 Å². The predicted molar refractivity (Wildman–Crippen MR) is 150 cm³/mol. The van der Waals surface area contributed by atoms with E-state index in [-0.39, 0.29) is 11.1 Å². The highest BCUT2D eigenvalue weighted by molar-refractivity contribution is 7.18. The molecule has 2 saturated heterocycles. The predicted octanol–water partition coefficient (Wildman–Crippen LogP) is 5.68. The Morgan fingerprint density at radius 2 is 1.95 bits per heavy atom. The van der Waals surface area contributed by atoms with Gasteiger partial charge >= 0.3 is 6.18 Å². The molecule has 0 unspecified atom stereocenters. The van der Waals surface area contributed by atoms with Crippen molar-refractivity contribution in [3.8, 4) is 6.07 Å². The number of hydrogen-bond donors (Lipinski definition) is 0. The minimum Gasteiger partial charge on any atom is -0.384 e. The van der Waals surface area contributed by atoms with Crippen molar-refractivity contribution in [1.82, 2.24) is 19.4 Å². The zero-order valence-electron chi connectivity index (χ0n) is 22.6. The van der Waals surface area contributed by atoms with Gasteiger partial charge in [-0.1, -0.05) is 6.07 Å². The molecular formula is C29H31F3N6OS. The molecule has 0 N–H and O–H groups in total. The Balaban J connectivity index is 1.18. The van der Waals surface area contributed by atoms with Gasteiger partial charge in [-0.3, -0.25) is 4.90 Å². The van der Waals surface area contributed by atoms with E-state index in [1.807, 2.05) is 19.1 Å². The molecule has 0 bridgehead atoms. The highest BCUT2D eigenvalue weighted by Crippen LogP contribution is 2.43. The first-order valence-electron chi connectivity index (χ1n) is 13.5. The number of benzene rings is 1. The van der Waals surface area contributed by atoms with Crippen molar-refractivity contribution in [2.45, 2.75) is 45.5 Å². The summed E-state index contributed by atoms with van der Waals surface area (Å²) in [7, 11) is 1.71. The molecule has 2 aliphatic rings. The average Bonchev–Trinajstić information content (AvgIpc) is 3.69. The minimum absolute atomic E-state index is 0.0361. The van der Waals surface area contributed by atoms with E-state index < -0.39 is 12.7 Å². The van der Waals surface area contributed by atoms with Crippen LogP contribution in [0.5, 0.6) is 0 Å². The third kappa shape index (κ3) is 5.04. The van der Waals surface area contributed by atoms with Gasteiger partial charge < -0.3 is 14.2 Å². The van der Waals surface area contributed by atoms with Gasteiger partial charge in [-0.25, -0.2) is 9.97 Å². The van der Waals surface area contributed by atoms with Gasteiger partial charge in [0.05, 0.1) is 12.0 Å². The number of aromatic nitrogens is 3. The maximum Gasteiger partial charge on any atom is 0.406 e. The number of halogens is 3. The molecular weight excluding hydrogens is 537 g/mol. The number of nitrogens with zero attached hydrogens (tertiary/aromatic N) is 6. The van der Waals surface area contributed by atoms with E-state index in [0.29, 0.717) is 17.5 Å². The molecule has 210 valence electrons. The molecule has 0 amide bonds. The van der Waals surface area contributed by atoms with Crippen LogP contribution < -0.4 is 4.90 Å². The monoisotopic (exact) mass is 568 g/mol. The van der Waals surface area contributed by atoms with E-state index in [1.165, 1.54) is 4.88 Å². The summed E-state index contributed by atoms with van der Waals surface area (Å²) in [6.07, 6.45) is 0.336. The highest BCUT2D eigenvalue weighted by atomic mass is 32.1. The molecule has 4 aromatic rings. The summed E-state index contributed by atoms with van der Waals surface area (Å²) in [6.45, 7) is 6.05. The number of rotatable bonds is 7. The standard InChI is InChI=1S/C29H31F3N6OS/c1-19-20(3-4-25-23(19)11-21(13-33)38(25)17-29(30,31)32)14-36-8-6-28(15-36)7-9-37(16-28)26-24-12-22(5-10-39-2)40-27(24)35-18-34-26/h3-4,11-12,18H,5-10,14-17H2,1-2H3/t28-/m1/s1. The molecule has 1 spiro atoms. The van der Waals surface area contributed by atoms with Crippen LogP contribution in [0.2, 0.25) is 0 Å². The Kier molecular flexibility index (Phi) is 6.97. The van der Waals surface area contributed by atoms with E-state index in [0.717, 1.165) is 83.7 Å². The zero-order valence-corrected chi connectivity index (χ0v) is 23.4. The molecule has 0 saturated carbocycles. The molecule has 0 aliphatic carbocycles. The Hall–Kier alpha value is -3.20. The van der Waals surface area contributed by atoms with Crippen molar-refractivity contribution in [1.29, 1.82) is 5.26 Å². The van der Waals surface area contributed by atoms with Crippen LogP contribution >= 0.6 is 11.3 Å². The van der Waals surface area contributed by atoms with Gasteiger partial charge in [-0.05, 0) is 55.6 Å². The van der Waals surface area contributed by atoms with Gasteiger partial charge in [0.2, 0.25) is 0 Å².